The van der Waals surface area contributed by atoms with Crippen LogP contribution in [0.15, 0.2) is 0 Å². The Morgan fingerprint density at radius 2 is 1.24 bits per heavy atom. The van der Waals surface area contributed by atoms with E-state index in [1.165, 1.54) is 82.8 Å². The SMILES string of the molecule is CCCCCCCCNC(=S)SCCCCCCCC.[Cu]. The number of thioether (sulfide) groups is 1. The molecule has 1 N–H and O–H groups in total. The minimum absolute atomic E-state index is 0. The fourth-order valence-electron chi connectivity index (χ4n) is 2.19. The summed E-state index contributed by atoms with van der Waals surface area (Å²) in [5.74, 6) is 1.19. The van der Waals surface area contributed by atoms with Gasteiger partial charge < -0.3 is 5.32 Å². The van der Waals surface area contributed by atoms with Crippen molar-refractivity contribution in [3.63, 3.8) is 0 Å². The van der Waals surface area contributed by atoms with E-state index in [0.29, 0.717) is 0 Å². The topological polar surface area (TPSA) is 12.0 Å². The summed E-state index contributed by atoms with van der Waals surface area (Å²) < 4.78 is 1.01. The van der Waals surface area contributed by atoms with Gasteiger partial charge in [-0.25, -0.2) is 0 Å². The summed E-state index contributed by atoms with van der Waals surface area (Å²) in [4.78, 5) is 0. The molecule has 0 unspecified atom stereocenters. The van der Waals surface area contributed by atoms with Gasteiger partial charge in [0.05, 0.1) is 0 Å². The van der Waals surface area contributed by atoms with E-state index in [-0.39, 0.29) is 17.1 Å². The van der Waals surface area contributed by atoms with E-state index in [9.17, 15) is 0 Å². The molecule has 4 heteroatoms. The van der Waals surface area contributed by atoms with Crippen molar-refractivity contribution >= 4 is 28.3 Å². The van der Waals surface area contributed by atoms with Gasteiger partial charge in [-0.1, -0.05) is 102 Å². The number of rotatable bonds is 14. The Morgan fingerprint density at radius 1 is 0.762 bits per heavy atom. The molecule has 1 nitrogen and oxygen atoms in total. The molecule has 0 aromatic carbocycles. The van der Waals surface area contributed by atoms with Crippen molar-refractivity contribution in [3.05, 3.63) is 0 Å². The zero-order valence-electron chi connectivity index (χ0n) is 14.0. The summed E-state index contributed by atoms with van der Waals surface area (Å²) >= 11 is 7.18. The number of unbranched alkanes of at least 4 members (excludes halogenated alkanes) is 10. The molecule has 0 saturated heterocycles. The minimum Gasteiger partial charge on any atom is -0.371 e. The molecule has 0 heterocycles. The number of hydrogen-bond acceptors (Lipinski definition) is 2. The molecule has 0 aliphatic heterocycles. The summed E-state index contributed by atoms with van der Waals surface area (Å²) in [5, 5.41) is 3.38. The second-order valence-electron chi connectivity index (χ2n) is 5.60. The Hall–Kier alpha value is 0.759. The van der Waals surface area contributed by atoms with Crippen LogP contribution in [0.4, 0.5) is 0 Å². The summed E-state index contributed by atoms with van der Waals surface area (Å²) in [6.45, 7) is 5.60. The maximum atomic E-state index is 5.35. The number of nitrogens with one attached hydrogen (secondary N) is 1. The van der Waals surface area contributed by atoms with Crippen LogP contribution in [-0.4, -0.2) is 16.6 Å². The van der Waals surface area contributed by atoms with Crippen molar-refractivity contribution in [1.82, 2.24) is 5.32 Å². The summed E-state index contributed by atoms with van der Waals surface area (Å²) in [6.07, 6.45) is 16.3. The molecule has 131 valence electrons. The van der Waals surface area contributed by atoms with Crippen LogP contribution in [0.3, 0.4) is 0 Å². The normalized spacial score (nSPS) is 10.2. The van der Waals surface area contributed by atoms with E-state index in [1.807, 2.05) is 11.8 Å². The molecule has 0 fully saturated rings. The van der Waals surface area contributed by atoms with Gasteiger partial charge in [0.1, 0.15) is 4.32 Å². The first-order chi connectivity index (χ1) is 9.81. The summed E-state index contributed by atoms with van der Waals surface area (Å²) in [5.41, 5.74) is 0. The van der Waals surface area contributed by atoms with E-state index in [4.69, 9.17) is 12.2 Å². The third-order valence-corrected chi connectivity index (χ3v) is 4.93. The molecule has 1 radical (unpaired) electrons. The Morgan fingerprint density at radius 3 is 1.81 bits per heavy atom. The zero-order chi connectivity index (χ0) is 14.9. The van der Waals surface area contributed by atoms with E-state index >= 15 is 0 Å². The van der Waals surface area contributed by atoms with Gasteiger partial charge in [0.15, 0.2) is 0 Å². The molecule has 0 aliphatic rings. The first-order valence-electron chi connectivity index (χ1n) is 8.71. The third kappa shape index (κ3) is 20.8. The van der Waals surface area contributed by atoms with Crippen molar-refractivity contribution in [2.75, 3.05) is 12.3 Å². The monoisotopic (exact) mass is 380 g/mol. The molecule has 21 heavy (non-hydrogen) atoms. The minimum atomic E-state index is 0. The molecule has 0 atom stereocenters. The largest absolute Gasteiger partial charge is 0.371 e. The van der Waals surface area contributed by atoms with Gasteiger partial charge in [-0.2, -0.15) is 0 Å². The van der Waals surface area contributed by atoms with E-state index in [1.54, 1.807) is 0 Å². The fourth-order valence-corrected chi connectivity index (χ4v) is 3.28. The second-order valence-corrected chi connectivity index (χ2v) is 7.37. The fraction of sp³-hybridized carbons (Fsp3) is 0.941. The van der Waals surface area contributed by atoms with Crippen LogP contribution in [0.2, 0.25) is 0 Å². The van der Waals surface area contributed by atoms with Crippen LogP contribution >= 0.6 is 24.0 Å². The molecule has 0 aromatic rings. The molecule has 0 bridgehead atoms. The van der Waals surface area contributed by atoms with Crippen molar-refractivity contribution in [1.29, 1.82) is 0 Å². The predicted molar refractivity (Wildman–Crippen MR) is 99.8 cm³/mol. The molecule has 0 rings (SSSR count). The van der Waals surface area contributed by atoms with Crippen LogP contribution in [0.1, 0.15) is 90.9 Å². The van der Waals surface area contributed by atoms with Gasteiger partial charge in [-0.3, -0.25) is 0 Å². The van der Waals surface area contributed by atoms with Crippen LogP contribution in [0.5, 0.6) is 0 Å². The quantitative estimate of drug-likeness (QED) is 0.215. The Balaban J connectivity index is 0. The average Bonchev–Trinajstić information content (AvgIpc) is 2.45. The molecular weight excluding hydrogens is 346 g/mol. The Kier molecular flexibility index (Phi) is 23.7. The predicted octanol–water partition coefficient (Wildman–Crippen LogP) is 6.31. The molecule has 0 aliphatic carbocycles. The van der Waals surface area contributed by atoms with Crippen LogP contribution in [0, 0.1) is 0 Å². The van der Waals surface area contributed by atoms with Gasteiger partial charge in [0.2, 0.25) is 0 Å². The number of hydrogen-bond donors (Lipinski definition) is 1. The summed E-state index contributed by atoms with van der Waals surface area (Å²) in [7, 11) is 0. The van der Waals surface area contributed by atoms with Crippen molar-refractivity contribution < 1.29 is 17.1 Å². The molecule has 0 amide bonds. The van der Waals surface area contributed by atoms with Gasteiger partial charge in [0, 0.05) is 29.4 Å². The van der Waals surface area contributed by atoms with E-state index in [0.717, 1.165) is 10.9 Å². The van der Waals surface area contributed by atoms with Crippen molar-refractivity contribution in [2.45, 2.75) is 90.9 Å². The van der Waals surface area contributed by atoms with Gasteiger partial charge in [0.25, 0.3) is 0 Å². The Labute approximate surface area is 153 Å². The van der Waals surface area contributed by atoms with Gasteiger partial charge in [-0.05, 0) is 12.8 Å². The first-order valence-corrected chi connectivity index (χ1v) is 10.1. The molecule has 0 saturated carbocycles. The molecule has 0 spiro atoms. The van der Waals surface area contributed by atoms with Crippen LogP contribution < -0.4 is 5.32 Å². The second kappa shape index (κ2) is 20.8. The van der Waals surface area contributed by atoms with E-state index in [2.05, 4.69) is 19.2 Å². The third-order valence-electron chi connectivity index (χ3n) is 3.53. The first kappa shape index (κ1) is 24.0. The molecular formula is C17H35CuNS2. The van der Waals surface area contributed by atoms with Gasteiger partial charge in [-0.15, -0.1) is 0 Å². The van der Waals surface area contributed by atoms with Crippen LogP contribution in [0.25, 0.3) is 0 Å². The smallest absolute Gasteiger partial charge is 0.133 e. The standard InChI is InChI=1S/C17H35NS2.Cu/c1-3-5-7-9-11-13-15-18-17(19)20-16-14-12-10-8-6-4-2;/h3-16H2,1-2H3,(H,18,19);. The number of thiocarbonyl (C=S) groups is 1. The average molecular weight is 381 g/mol. The van der Waals surface area contributed by atoms with Crippen molar-refractivity contribution in [2.24, 2.45) is 0 Å². The Bertz CT molecular complexity index is 193. The maximum Gasteiger partial charge on any atom is 0.133 e. The van der Waals surface area contributed by atoms with Crippen LogP contribution in [-0.2, 0) is 17.1 Å². The molecule has 0 aromatic heterocycles. The van der Waals surface area contributed by atoms with E-state index < -0.39 is 0 Å². The van der Waals surface area contributed by atoms with Crippen molar-refractivity contribution in [3.8, 4) is 0 Å². The zero-order valence-corrected chi connectivity index (χ0v) is 16.6. The maximum absolute atomic E-state index is 5.35. The summed E-state index contributed by atoms with van der Waals surface area (Å²) in [6, 6.07) is 0. The van der Waals surface area contributed by atoms with Gasteiger partial charge >= 0.3 is 0 Å².